The Morgan fingerprint density at radius 2 is 1.79 bits per heavy atom. The van der Waals surface area contributed by atoms with Crippen molar-refractivity contribution < 1.29 is 9.90 Å². The number of nitrogens with zero attached hydrogens (tertiary/aromatic N) is 3. The van der Waals surface area contributed by atoms with Gasteiger partial charge in [0.05, 0.1) is 6.10 Å². The second kappa shape index (κ2) is 6.84. The lowest BCUT2D eigenvalue weighted by Crippen LogP contribution is -2.37. The third-order valence-electron chi connectivity index (χ3n) is 3.87. The lowest BCUT2D eigenvalue weighted by molar-refractivity contribution is 0.0933. The van der Waals surface area contributed by atoms with Gasteiger partial charge in [0.1, 0.15) is 12.6 Å². The zero-order chi connectivity index (χ0) is 18.0. The Bertz CT molecular complexity index is 871. The zero-order valence-electron chi connectivity index (χ0n) is 14.0. The lowest BCUT2D eigenvalue weighted by atomic mass is 10.1. The summed E-state index contributed by atoms with van der Waals surface area (Å²) in [4.78, 5) is 37.2. The molecule has 128 valence electrons. The van der Waals surface area contributed by atoms with E-state index < -0.39 is 23.5 Å². The molecule has 7 heteroatoms. The fourth-order valence-electron chi connectivity index (χ4n) is 2.69. The Balaban J connectivity index is 2.56. The molecule has 2 rings (SSSR count). The fraction of sp³-hybridized carbons (Fsp3) is 0.353. The van der Waals surface area contributed by atoms with Gasteiger partial charge in [-0.15, -0.1) is 0 Å². The highest BCUT2D eigenvalue weighted by molar-refractivity contribution is 5.95. The molecule has 7 nitrogen and oxygen atoms in total. The van der Waals surface area contributed by atoms with E-state index in [4.69, 9.17) is 0 Å². The van der Waals surface area contributed by atoms with Crippen LogP contribution in [0.15, 0.2) is 52.1 Å². The topological polar surface area (TPSA) is 86.2 Å². The van der Waals surface area contributed by atoms with Gasteiger partial charge >= 0.3 is 11.4 Å². The van der Waals surface area contributed by atoms with E-state index in [0.29, 0.717) is 11.1 Å². The molecule has 2 unspecified atom stereocenters. The molecule has 0 spiro atoms. The summed E-state index contributed by atoms with van der Waals surface area (Å²) in [5.74, 6) is -0.303. The number of hydrogen-bond donors (Lipinski definition) is 1. The van der Waals surface area contributed by atoms with Crippen molar-refractivity contribution >= 4 is 5.78 Å². The Labute approximate surface area is 139 Å². The largest absolute Gasteiger partial charge is 0.391 e. The standard InChI is InChI=1S/C17H21N3O4/c1-11(2)15(12(3)21)20-17(24)18(4)16(23)19(20)10-14(22)13-8-6-5-7-9-13/h5-9,12,15,21H,1,10H2,2-4H3. The van der Waals surface area contributed by atoms with Crippen molar-refractivity contribution in [1.82, 2.24) is 13.9 Å². The van der Waals surface area contributed by atoms with Crippen LogP contribution in [0.1, 0.15) is 30.2 Å². The predicted molar refractivity (Wildman–Crippen MR) is 90.2 cm³/mol. The maximum atomic E-state index is 12.4. The highest BCUT2D eigenvalue weighted by atomic mass is 16.3. The van der Waals surface area contributed by atoms with Crippen LogP contribution in [0.4, 0.5) is 0 Å². The van der Waals surface area contributed by atoms with Gasteiger partial charge in [-0.1, -0.05) is 42.5 Å². The van der Waals surface area contributed by atoms with E-state index in [2.05, 4.69) is 6.58 Å². The minimum atomic E-state index is -0.944. The van der Waals surface area contributed by atoms with Crippen molar-refractivity contribution in [3.63, 3.8) is 0 Å². The quantitative estimate of drug-likeness (QED) is 0.624. The minimum Gasteiger partial charge on any atom is -0.391 e. The smallest absolute Gasteiger partial charge is 0.347 e. The van der Waals surface area contributed by atoms with Crippen molar-refractivity contribution in [1.29, 1.82) is 0 Å². The van der Waals surface area contributed by atoms with Crippen LogP contribution in [0.5, 0.6) is 0 Å². The number of benzene rings is 1. The van der Waals surface area contributed by atoms with E-state index in [1.807, 2.05) is 0 Å². The van der Waals surface area contributed by atoms with Crippen LogP contribution >= 0.6 is 0 Å². The molecular weight excluding hydrogens is 310 g/mol. The van der Waals surface area contributed by atoms with Gasteiger partial charge in [-0.25, -0.2) is 23.5 Å². The van der Waals surface area contributed by atoms with Gasteiger partial charge in [-0.3, -0.25) is 4.79 Å². The SMILES string of the molecule is C=C(C)C(C(C)O)n1c(=O)n(C)c(=O)n1CC(=O)c1ccccc1. The highest BCUT2D eigenvalue weighted by Crippen LogP contribution is 2.18. The van der Waals surface area contributed by atoms with Crippen LogP contribution in [-0.2, 0) is 13.6 Å². The molecular formula is C17H21N3O4. The first-order chi connectivity index (χ1) is 11.3. The summed E-state index contributed by atoms with van der Waals surface area (Å²) >= 11 is 0. The first kappa shape index (κ1) is 17.7. The zero-order valence-corrected chi connectivity index (χ0v) is 14.0. The molecule has 0 radical (unpaired) electrons. The number of Topliss-reactive ketones (excluding diaryl/α,β-unsaturated/α-hetero) is 1. The van der Waals surface area contributed by atoms with E-state index in [-0.39, 0.29) is 12.3 Å². The summed E-state index contributed by atoms with van der Waals surface area (Å²) in [6.45, 7) is 6.65. The fourth-order valence-corrected chi connectivity index (χ4v) is 2.69. The monoisotopic (exact) mass is 331 g/mol. The van der Waals surface area contributed by atoms with E-state index >= 15 is 0 Å². The Hall–Kier alpha value is -2.67. The third-order valence-corrected chi connectivity index (χ3v) is 3.87. The summed E-state index contributed by atoms with van der Waals surface area (Å²) in [6.07, 6.45) is -0.944. The molecule has 2 aromatic rings. The predicted octanol–water partition coefficient (Wildman–Crippen LogP) is 0.729. The molecule has 0 saturated heterocycles. The first-order valence-corrected chi connectivity index (χ1v) is 7.55. The Morgan fingerprint density at radius 1 is 1.21 bits per heavy atom. The third kappa shape index (κ3) is 3.16. The first-order valence-electron chi connectivity index (χ1n) is 7.55. The van der Waals surface area contributed by atoms with Crippen LogP contribution in [0.3, 0.4) is 0 Å². The second-order valence-electron chi connectivity index (χ2n) is 5.85. The Kier molecular flexibility index (Phi) is 5.04. The van der Waals surface area contributed by atoms with E-state index in [9.17, 15) is 19.5 Å². The summed E-state index contributed by atoms with van der Waals surface area (Å²) < 4.78 is 3.08. The average molecular weight is 331 g/mol. The summed E-state index contributed by atoms with van der Waals surface area (Å²) in [7, 11) is 1.34. The lowest BCUT2D eigenvalue weighted by Gasteiger charge is -2.23. The van der Waals surface area contributed by atoms with Gasteiger partial charge < -0.3 is 5.11 Å². The summed E-state index contributed by atoms with van der Waals surface area (Å²) in [5, 5.41) is 10.0. The van der Waals surface area contributed by atoms with Crippen molar-refractivity contribution in [2.45, 2.75) is 32.5 Å². The number of hydrogen-bond acceptors (Lipinski definition) is 4. The van der Waals surface area contributed by atoms with Crippen LogP contribution < -0.4 is 11.4 Å². The molecule has 2 atom stereocenters. The molecule has 0 bridgehead atoms. The van der Waals surface area contributed by atoms with E-state index in [0.717, 1.165) is 13.9 Å². The highest BCUT2D eigenvalue weighted by Gasteiger charge is 2.26. The molecule has 0 saturated carbocycles. The molecule has 0 fully saturated rings. The number of rotatable bonds is 6. The van der Waals surface area contributed by atoms with Crippen LogP contribution in [0.25, 0.3) is 0 Å². The van der Waals surface area contributed by atoms with Gasteiger partial charge in [-0.2, -0.15) is 0 Å². The molecule has 1 aromatic carbocycles. The van der Waals surface area contributed by atoms with Gasteiger partial charge in [0, 0.05) is 12.6 Å². The molecule has 0 amide bonds. The van der Waals surface area contributed by atoms with Gasteiger partial charge in [-0.05, 0) is 13.8 Å². The van der Waals surface area contributed by atoms with Crippen molar-refractivity contribution in [2.24, 2.45) is 7.05 Å². The molecule has 0 aliphatic carbocycles. The Morgan fingerprint density at radius 3 is 2.29 bits per heavy atom. The summed E-state index contributed by atoms with van der Waals surface area (Å²) in [5.41, 5.74) is -0.263. The van der Waals surface area contributed by atoms with Crippen LogP contribution in [-0.4, -0.2) is 30.9 Å². The average Bonchev–Trinajstić information content (AvgIpc) is 2.73. The van der Waals surface area contributed by atoms with Crippen molar-refractivity contribution in [3.8, 4) is 0 Å². The van der Waals surface area contributed by atoms with Gasteiger partial charge in [0.25, 0.3) is 0 Å². The number of aliphatic hydroxyl groups is 1. The van der Waals surface area contributed by atoms with Crippen LogP contribution in [0, 0.1) is 0 Å². The van der Waals surface area contributed by atoms with Crippen molar-refractivity contribution in [3.05, 3.63) is 69.0 Å². The number of carbonyl (C=O) groups excluding carboxylic acids is 1. The van der Waals surface area contributed by atoms with E-state index in [1.54, 1.807) is 37.3 Å². The summed E-state index contributed by atoms with van der Waals surface area (Å²) in [6, 6.07) is 7.72. The van der Waals surface area contributed by atoms with Crippen molar-refractivity contribution in [2.75, 3.05) is 0 Å². The number of ketones is 1. The maximum absolute atomic E-state index is 12.4. The van der Waals surface area contributed by atoms with Crippen LogP contribution in [0.2, 0.25) is 0 Å². The second-order valence-corrected chi connectivity index (χ2v) is 5.85. The maximum Gasteiger partial charge on any atom is 0.347 e. The number of aliphatic hydroxyl groups excluding tert-OH is 1. The number of aromatic nitrogens is 3. The molecule has 0 aliphatic heterocycles. The van der Waals surface area contributed by atoms with Gasteiger partial charge in [0.2, 0.25) is 0 Å². The molecule has 1 heterocycles. The molecule has 1 N–H and O–H groups in total. The minimum absolute atomic E-state index is 0.296. The molecule has 24 heavy (non-hydrogen) atoms. The normalized spacial score (nSPS) is 13.5. The number of carbonyl (C=O) groups is 1. The van der Waals surface area contributed by atoms with E-state index in [1.165, 1.54) is 14.0 Å². The molecule has 1 aromatic heterocycles. The van der Waals surface area contributed by atoms with Gasteiger partial charge in [0.15, 0.2) is 5.78 Å². The molecule has 0 aliphatic rings.